The minimum absolute atomic E-state index is 0.292. The molecule has 0 saturated carbocycles. The maximum Gasteiger partial charge on any atom is 0.328 e. The molecule has 0 saturated heterocycles. The van der Waals surface area contributed by atoms with Gasteiger partial charge in [0.2, 0.25) is 0 Å². The molecule has 0 aliphatic rings. The quantitative estimate of drug-likeness (QED) is 0.541. The Balaban J connectivity index is -0.000000200. The van der Waals surface area contributed by atoms with Crippen molar-refractivity contribution in [2.75, 3.05) is 0 Å². The molecular weight excluding hydrogens is 248 g/mol. The van der Waals surface area contributed by atoms with E-state index in [-0.39, 0.29) is 0 Å². The lowest BCUT2D eigenvalue weighted by Crippen LogP contribution is -1.91. The number of rotatable bonds is 4. The molecule has 0 amide bonds. The highest BCUT2D eigenvalue weighted by molar-refractivity contribution is 5.89. The predicted octanol–water partition coefficient (Wildman–Crippen LogP) is 0.674. The van der Waals surface area contributed by atoms with Crippen LogP contribution in [0.3, 0.4) is 0 Å². The van der Waals surface area contributed by atoms with Crippen LogP contribution in [0.5, 0.6) is 0 Å². The number of carbonyl (C=O) groups is 4. The van der Waals surface area contributed by atoms with Crippen LogP contribution < -0.4 is 0 Å². The maximum absolute atomic E-state index is 9.60. The Hall–Kier alpha value is -2.38. The molecule has 0 bridgehead atoms. The van der Waals surface area contributed by atoms with Gasteiger partial charge in [-0.2, -0.15) is 0 Å². The van der Waals surface area contributed by atoms with Gasteiger partial charge in [0.25, 0.3) is 5.97 Å². The van der Waals surface area contributed by atoms with Crippen LogP contribution in [-0.4, -0.2) is 44.3 Å². The highest BCUT2D eigenvalue weighted by Gasteiger charge is 1.88. The number of hydrogen-bond donors (Lipinski definition) is 4. The van der Waals surface area contributed by atoms with E-state index < -0.39 is 23.9 Å². The van der Waals surface area contributed by atoms with Gasteiger partial charge >= 0.3 is 17.9 Å². The third-order valence-electron chi connectivity index (χ3n) is 0.832. The summed E-state index contributed by atoms with van der Waals surface area (Å²) in [6.45, 7) is 2.92. The first-order valence-corrected chi connectivity index (χ1v) is 4.68. The van der Waals surface area contributed by atoms with Crippen LogP contribution in [0.2, 0.25) is 0 Å². The van der Waals surface area contributed by atoms with Crippen LogP contribution in [0.15, 0.2) is 12.2 Å². The number of carboxylic acid groups (broad SMARTS) is 4. The minimum Gasteiger partial charge on any atom is -0.481 e. The Morgan fingerprint density at radius 1 is 0.889 bits per heavy atom. The fourth-order valence-corrected chi connectivity index (χ4v) is 0.356. The molecule has 0 aromatic carbocycles. The van der Waals surface area contributed by atoms with Crippen LogP contribution in [0.4, 0.5) is 0 Å². The van der Waals surface area contributed by atoms with Crippen molar-refractivity contribution in [3.05, 3.63) is 12.2 Å². The highest BCUT2D eigenvalue weighted by atomic mass is 16.4. The molecule has 0 aromatic rings. The van der Waals surface area contributed by atoms with E-state index in [2.05, 4.69) is 0 Å². The lowest BCUT2D eigenvalue weighted by molar-refractivity contribution is -0.137. The number of hydrogen-bond acceptors (Lipinski definition) is 4. The molecule has 0 spiro atoms. The molecule has 4 N–H and O–H groups in total. The van der Waals surface area contributed by atoms with E-state index >= 15 is 0 Å². The summed E-state index contributed by atoms with van der Waals surface area (Å²) in [7, 11) is 0. The summed E-state index contributed by atoms with van der Waals surface area (Å²) in [5, 5.41) is 31.0. The SMILES string of the molecule is CC(=O)O.CCCC(=O)O.O=C(O)C=CC(=O)O. The van der Waals surface area contributed by atoms with E-state index in [4.69, 9.17) is 25.2 Å². The second-order valence-corrected chi connectivity index (χ2v) is 2.67. The average Bonchev–Trinajstić information content (AvgIpc) is 2.14. The first kappa shape index (κ1) is 21.0. The Labute approximate surface area is 103 Å². The molecule has 8 heteroatoms. The van der Waals surface area contributed by atoms with Crippen molar-refractivity contribution < 1.29 is 39.6 Å². The molecule has 0 aliphatic heterocycles. The first-order chi connectivity index (χ1) is 8.13. The van der Waals surface area contributed by atoms with E-state index in [9.17, 15) is 14.4 Å². The standard InChI is InChI=1S/C4H4O4.C4H8O2.C2H4O2/c5-3(6)1-2-4(7)8;1-2-3-4(5)6;1-2(3)4/h1-2H,(H,5,6)(H,7,8);2-3H2,1H3,(H,5,6);1H3,(H,3,4). The second kappa shape index (κ2) is 14.6. The molecule has 0 atom stereocenters. The third-order valence-corrected chi connectivity index (χ3v) is 0.832. The van der Waals surface area contributed by atoms with Crippen molar-refractivity contribution in [1.82, 2.24) is 0 Å². The topological polar surface area (TPSA) is 149 Å². The molecule has 0 rings (SSSR count). The van der Waals surface area contributed by atoms with Crippen molar-refractivity contribution in [2.45, 2.75) is 26.7 Å². The molecule has 104 valence electrons. The lowest BCUT2D eigenvalue weighted by atomic mass is 10.4. The van der Waals surface area contributed by atoms with Gasteiger partial charge < -0.3 is 20.4 Å². The van der Waals surface area contributed by atoms with Crippen molar-refractivity contribution in [2.24, 2.45) is 0 Å². The van der Waals surface area contributed by atoms with Gasteiger partial charge in [0, 0.05) is 25.5 Å². The molecule has 0 unspecified atom stereocenters. The van der Waals surface area contributed by atoms with Gasteiger partial charge in [-0.1, -0.05) is 6.92 Å². The summed E-state index contributed by atoms with van der Waals surface area (Å²) in [5.74, 6) is -4.06. The highest BCUT2D eigenvalue weighted by Crippen LogP contribution is 1.82. The van der Waals surface area contributed by atoms with Crippen molar-refractivity contribution in [3.63, 3.8) is 0 Å². The summed E-state index contributed by atoms with van der Waals surface area (Å²) < 4.78 is 0. The van der Waals surface area contributed by atoms with Gasteiger partial charge in [-0.05, 0) is 6.42 Å². The Kier molecular flexibility index (Phi) is 17.0. The van der Waals surface area contributed by atoms with Gasteiger partial charge in [-0.15, -0.1) is 0 Å². The van der Waals surface area contributed by atoms with Gasteiger partial charge in [0.15, 0.2) is 0 Å². The smallest absolute Gasteiger partial charge is 0.328 e. The summed E-state index contributed by atoms with van der Waals surface area (Å²) in [4.78, 5) is 37.7. The third kappa shape index (κ3) is 68.7. The monoisotopic (exact) mass is 264 g/mol. The van der Waals surface area contributed by atoms with E-state index in [1.807, 2.05) is 6.92 Å². The first-order valence-electron chi connectivity index (χ1n) is 4.68. The van der Waals surface area contributed by atoms with E-state index in [1.165, 1.54) is 0 Å². The minimum atomic E-state index is -1.26. The second-order valence-electron chi connectivity index (χ2n) is 2.67. The van der Waals surface area contributed by atoms with Crippen LogP contribution in [0.25, 0.3) is 0 Å². The molecular formula is C10H16O8. The van der Waals surface area contributed by atoms with Crippen LogP contribution >= 0.6 is 0 Å². The molecule has 0 fully saturated rings. The van der Waals surface area contributed by atoms with Crippen LogP contribution in [-0.2, 0) is 19.2 Å². The Morgan fingerprint density at radius 2 is 1.17 bits per heavy atom. The van der Waals surface area contributed by atoms with E-state index in [0.29, 0.717) is 18.6 Å². The summed E-state index contributed by atoms with van der Waals surface area (Å²) in [6.07, 6.45) is 2.14. The van der Waals surface area contributed by atoms with Crippen LogP contribution in [0, 0.1) is 0 Å². The van der Waals surface area contributed by atoms with Crippen LogP contribution in [0.1, 0.15) is 26.7 Å². The summed E-state index contributed by atoms with van der Waals surface area (Å²) in [5.41, 5.74) is 0. The van der Waals surface area contributed by atoms with Crippen molar-refractivity contribution in [1.29, 1.82) is 0 Å². The molecule has 0 aliphatic carbocycles. The fraction of sp³-hybridized carbons (Fsp3) is 0.400. The van der Waals surface area contributed by atoms with Crippen molar-refractivity contribution in [3.8, 4) is 0 Å². The lowest BCUT2D eigenvalue weighted by Gasteiger charge is -1.79. The zero-order valence-corrected chi connectivity index (χ0v) is 9.99. The maximum atomic E-state index is 9.60. The van der Waals surface area contributed by atoms with E-state index in [0.717, 1.165) is 13.3 Å². The molecule has 0 radical (unpaired) electrons. The van der Waals surface area contributed by atoms with E-state index in [1.54, 1.807) is 0 Å². The normalized spacial score (nSPS) is 8.33. The number of carboxylic acids is 4. The fourth-order valence-electron chi connectivity index (χ4n) is 0.356. The molecule has 0 aromatic heterocycles. The molecule has 18 heavy (non-hydrogen) atoms. The largest absolute Gasteiger partial charge is 0.481 e. The Morgan fingerprint density at radius 3 is 1.22 bits per heavy atom. The van der Waals surface area contributed by atoms with Gasteiger partial charge in [0.1, 0.15) is 0 Å². The zero-order chi connectivity index (χ0) is 15.1. The number of aliphatic carboxylic acids is 4. The van der Waals surface area contributed by atoms with Gasteiger partial charge in [-0.25, -0.2) is 9.59 Å². The molecule has 0 heterocycles. The van der Waals surface area contributed by atoms with Crippen molar-refractivity contribution >= 4 is 23.9 Å². The Bertz CT molecular complexity index is 285. The zero-order valence-electron chi connectivity index (χ0n) is 9.99. The van der Waals surface area contributed by atoms with Gasteiger partial charge in [-0.3, -0.25) is 9.59 Å². The predicted molar refractivity (Wildman–Crippen MR) is 60.3 cm³/mol. The molecule has 8 nitrogen and oxygen atoms in total. The van der Waals surface area contributed by atoms with Gasteiger partial charge in [0.05, 0.1) is 0 Å². The average molecular weight is 264 g/mol. The summed E-state index contributed by atoms with van der Waals surface area (Å²) >= 11 is 0. The summed E-state index contributed by atoms with van der Waals surface area (Å²) in [6, 6.07) is 0.